The largest absolute Gasteiger partial charge is 0.464 e. The standard InChI is InChI=1S/C25H39NO8.C20H31NO6/c1-7-32-24(30)16(5)26-21(27)12-18(13-22(26)28)11-20(34-17(6)25(31)33-8-2)19-10-14(3)9-15(4)23(19)29;1-5-27-20(26)13(4)21-17(23)9-14(10-18(21)24)8-16(22)15-7-11(2)6-12(3)19(15)25/h14-20H,7-13H2,1-6H3;11-16,22H,5-10H2,1-4H3/t14-,15?,16?,17?,19?,20+;11-,12?,13?,15?,16+/m00/s1. The van der Waals surface area contributed by atoms with Gasteiger partial charge in [-0.2, -0.15) is 0 Å². The zero-order chi connectivity index (χ0) is 45.9. The number of carbonyl (C=O) groups is 9. The minimum atomic E-state index is -0.988. The van der Waals surface area contributed by atoms with Crippen molar-refractivity contribution in [2.75, 3.05) is 19.8 Å². The van der Waals surface area contributed by atoms with Crippen LogP contribution in [0.2, 0.25) is 0 Å². The van der Waals surface area contributed by atoms with Crippen molar-refractivity contribution in [3.63, 3.8) is 0 Å². The first-order valence-electron chi connectivity index (χ1n) is 22.3. The number of carbonyl (C=O) groups excluding carboxylic acids is 9. The molecule has 2 saturated heterocycles. The summed E-state index contributed by atoms with van der Waals surface area (Å²) in [6, 6.07) is -1.93. The van der Waals surface area contributed by atoms with E-state index >= 15 is 0 Å². The van der Waals surface area contributed by atoms with E-state index in [1.165, 1.54) is 13.8 Å². The van der Waals surface area contributed by atoms with Gasteiger partial charge >= 0.3 is 17.9 Å². The van der Waals surface area contributed by atoms with Crippen LogP contribution in [0.5, 0.6) is 0 Å². The minimum absolute atomic E-state index is 0.0507. The molecule has 61 heavy (non-hydrogen) atoms. The summed E-state index contributed by atoms with van der Waals surface area (Å²) < 4.78 is 21.0. The maximum Gasteiger partial charge on any atom is 0.334 e. The normalized spacial score (nSPS) is 28.0. The van der Waals surface area contributed by atoms with Crippen LogP contribution in [0.1, 0.15) is 133 Å². The predicted octanol–water partition coefficient (Wildman–Crippen LogP) is 4.39. The van der Waals surface area contributed by atoms with Crippen LogP contribution in [0, 0.1) is 47.3 Å². The Morgan fingerprint density at radius 1 is 0.574 bits per heavy atom. The first-order valence-corrected chi connectivity index (χ1v) is 22.3. The van der Waals surface area contributed by atoms with E-state index in [1.54, 1.807) is 27.7 Å². The number of nitrogens with zero attached hydrogens (tertiary/aromatic N) is 2. The first kappa shape index (κ1) is 51.3. The van der Waals surface area contributed by atoms with Crippen LogP contribution >= 0.6 is 0 Å². The molecule has 0 radical (unpaired) electrons. The zero-order valence-electron chi connectivity index (χ0n) is 37.8. The molecule has 2 saturated carbocycles. The number of likely N-dealkylation sites (tertiary alicyclic amines) is 2. The summed E-state index contributed by atoms with van der Waals surface area (Å²) >= 11 is 0. The lowest BCUT2D eigenvalue weighted by Crippen LogP contribution is -2.52. The molecule has 4 rings (SSSR count). The van der Waals surface area contributed by atoms with Crippen LogP contribution < -0.4 is 0 Å². The lowest BCUT2D eigenvalue weighted by atomic mass is 9.71. The van der Waals surface area contributed by atoms with Crippen LogP contribution in [-0.2, 0) is 62.1 Å². The Labute approximate surface area is 360 Å². The Morgan fingerprint density at radius 2 is 0.934 bits per heavy atom. The molecule has 7 unspecified atom stereocenters. The van der Waals surface area contributed by atoms with Gasteiger partial charge in [-0.3, -0.25) is 38.6 Å². The summed E-state index contributed by atoms with van der Waals surface area (Å²) in [5.41, 5.74) is 0. The fourth-order valence-electron chi connectivity index (χ4n) is 9.61. The van der Waals surface area contributed by atoms with Gasteiger partial charge in [0.15, 0.2) is 6.10 Å². The maximum absolute atomic E-state index is 13.0. The Kier molecular flexibility index (Phi) is 19.7. The van der Waals surface area contributed by atoms with Gasteiger partial charge in [0.2, 0.25) is 23.6 Å². The molecule has 16 heteroatoms. The second kappa shape index (κ2) is 23.4. The van der Waals surface area contributed by atoms with Gasteiger partial charge in [-0.1, -0.05) is 27.7 Å². The highest BCUT2D eigenvalue weighted by molar-refractivity contribution is 6.02. The number of piperidine rings is 2. The van der Waals surface area contributed by atoms with Crippen molar-refractivity contribution >= 4 is 53.1 Å². The number of Topliss-reactive ketones (excluding diaryl/α,β-unsaturated/α-hetero) is 2. The molecule has 0 aromatic carbocycles. The van der Waals surface area contributed by atoms with Crippen molar-refractivity contribution in [3.8, 4) is 0 Å². The average molecular weight is 863 g/mol. The smallest absolute Gasteiger partial charge is 0.334 e. The molecule has 0 bridgehead atoms. The highest BCUT2D eigenvalue weighted by Gasteiger charge is 2.45. The van der Waals surface area contributed by atoms with Crippen molar-refractivity contribution in [1.82, 2.24) is 9.80 Å². The van der Waals surface area contributed by atoms with Gasteiger partial charge in [0.25, 0.3) is 0 Å². The third-order valence-corrected chi connectivity index (χ3v) is 12.5. The van der Waals surface area contributed by atoms with Gasteiger partial charge in [-0.15, -0.1) is 0 Å². The summed E-state index contributed by atoms with van der Waals surface area (Å²) in [5.74, 6) is -4.34. The highest BCUT2D eigenvalue weighted by atomic mass is 16.6. The second-order valence-electron chi connectivity index (χ2n) is 17.8. The maximum atomic E-state index is 13.0. The number of aliphatic hydroxyl groups excluding tert-OH is 1. The van der Waals surface area contributed by atoms with E-state index in [0.717, 1.165) is 22.6 Å². The fraction of sp³-hybridized carbons (Fsp3) is 0.800. The van der Waals surface area contributed by atoms with Gasteiger partial charge < -0.3 is 24.1 Å². The van der Waals surface area contributed by atoms with E-state index in [9.17, 15) is 48.3 Å². The Balaban J connectivity index is 0.000000334. The van der Waals surface area contributed by atoms with Crippen molar-refractivity contribution in [2.45, 2.75) is 164 Å². The summed E-state index contributed by atoms with van der Waals surface area (Å²) in [6.45, 7) is 18.1. The average Bonchev–Trinajstić information content (AvgIpc) is 3.17. The molecule has 2 aliphatic carbocycles. The number of imide groups is 2. The predicted molar refractivity (Wildman–Crippen MR) is 220 cm³/mol. The Morgan fingerprint density at radius 3 is 1.34 bits per heavy atom. The molecule has 0 spiro atoms. The monoisotopic (exact) mass is 862 g/mol. The number of ether oxygens (including phenoxy) is 4. The Hall–Kier alpha value is -4.05. The van der Waals surface area contributed by atoms with Gasteiger partial charge in [-0.05, 0) is 104 Å². The zero-order valence-corrected chi connectivity index (χ0v) is 37.8. The van der Waals surface area contributed by atoms with Crippen LogP contribution in [0.25, 0.3) is 0 Å². The van der Waals surface area contributed by atoms with E-state index in [-0.39, 0.29) is 87.2 Å². The molecule has 2 aliphatic heterocycles. The lowest BCUT2D eigenvalue weighted by molar-refractivity contribution is -0.168. The van der Waals surface area contributed by atoms with E-state index in [2.05, 4.69) is 13.8 Å². The molecular formula is C45H70N2O14. The molecular weight excluding hydrogens is 792 g/mol. The summed E-state index contributed by atoms with van der Waals surface area (Å²) in [5, 5.41) is 10.6. The quantitative estimate of drug-likeness (QED) is 0.129. The molecule has 4 amide bonds. The molecule has 16 nitrogen and oxygen atoms in total. The van der Waals surface area contributed by atoms with E-state index in [4.69, 9.17) is 18.9 Å². The molecule has 4 aliphatic rings. The van der Waals surface area contributed by atoms with Crippen LogP contribution in [-0.4, -0.2) is 118 Å². The van der Waals surface area contributed by atoms with Gasteiger partial charge in [0.05, 0.1) is 32.0 Å². The molecule has 344 valence electrons. The van der Waals surface area contributed by atoms with Crippen LogP contribution in [0.15, 0.2) is 0 Å². The van der Waals surface area contributed by atoms with E-state index in [1.807, 2.05) is 13.8 Å². The summed E-state index contributed by atoms with van der Waals surface area (Å²) in [6.07, 6.45) is 1.38. The third kappa shape index (κ3) is 13.7. The van der Waals surface area contributed by atoms with Gasteiger partial charge in [0, 0.05) is 49.4 Å². The number of hydrogen-bond acceptors (Lipinski definition) is 14. The lowest BCUT2D eigenvalue weighted by Gasteiger charge is -2.39. The van der Waals surface area contributed by atoms with Crippen LogP contribution in [0.3, 0.4) is 0 Å². The van der Waals surface area contributed by atoms with Gasteiger partial charge in [0.1, 0.15) is 23.7 Å². The van der Waals surface area contributed by atoms with Crippen molar-refractivity contribution in [2.24, 2.45) is 47.3 Å². The SMILES string of the molecule is CCOC(=O)C(C)N1C(=O)CC(C[C@@H](O)C2C[C@@H](C)CC(C)C2=O)CC1=O.CCOC(=O)C(C)O[C@H](CC1CC(=O)N(C(C)C(=O)OCC)C(=O)C1)C1C[C@@H](C)CC(C)C1=O. The van der Waals surface area contributed by atoms with E-state index < -0.39 is 83.8 Å². The van der Waals surface area contributed by atoms with Crippen molar-refractivity contribution < 1.29 is 67.2 Å². The van der Waals surface area contributed by atoms with Gasteiger partial charge in [-0.25, -0.2) is 14.4 Å². The van der Waals surface area contributed by atoms with E-state index in [0.29, 0.717) is 31.1 Å². The number of esters is 3. The molecule has 0 aromatic rings. The Bertz CT molecular complexity index is 1580. The minimum Gasteiger partial charge on any atom is -0.464 e. The number of hydrogen-bond donors (Lipinski definition) is 1. The molecule has 4 fully saturated rings. The number of aliphatic hydroxyl groups is 1. The molecule has 11 atom stereocenters. The summed E-state index contributed by atoms with van der Waals surface area (Å²) in [7, 11) is 0. The number of rotatable bonds is 16. The highest BCUT2D eigenvalue weighted by Crippen LogP contribution is 2.38. The summed E-state index contributed by atoms with van der Waals surface area (Å²) in [4.78, 5) is 114. The fourth-order valence-corrected chi connectivity index (χ4v) is 9.61. The van der Waals surface area contributed by atoms with Crippen molar-refractivity contribution in [3.05, 3.63) is 0 Å². The van der Waals surface area contributed by atoms with Crippen LogP contribution in [0.4, 0.5) is 0 Å². The molecule has 1 N–H and O–H groups in total. The first-order chi connectivity index (χ1) is 28.6. The topological polar surface area (TPSA) is 217 Å². The number of amides is 4. The number of ketones is 2. The van der Waals surface area contributed by atoms with Crippen molar-refractivity contribution in [1.29, 1.82) is 0 Å². The third-order valence-electron chi connectivity index (χ3n) is 12.5. The molecule has 0 aromatic heterocycles. The second-order valence-corrected chi connectivity index (χ2v) is 17.8. The molecule has 2 heterocycles.